The van der Waals surface area contributed by atoms with Gasteiger partial charge in [-0.1, -0.05) is 0 Å². The van der Waals surface area contributed by atoms with Crippen molar-refractivity contribution in [2.75, 3.05) is 24.7 Å². The van der Waals surface area contributed by atoms with Crippen LogP contribution in [-0.4, -0.2) is 43.6 Å². The van der Waals surface area contributed by atoms with Crippen LogP contribution in [0.15, 0.2) is 12.1 Å². The number of hydrogen-bond acceptors (Lipinski definition) is 5. The molecule has 2 N–H and O–H groups in total. The van der Waals surface area contributed by atoms with Gasteiger partial charge in [0, 0.05) is 24.7 Å². The number of hydrogen-bond donors (Lipinski definition) is 2. The zero-order chi connectivity index (χ0) is 17.1. The van der Waals surface area contributed by atoms with E-state index in [1.54, 1.807) is 4.90 Å². The van der Waals surface area contributed by atoms with Crippen LogP contribution in [0.5, 0.6) is 0 Å². The summed E-state index contributed by atoms with van der Waals surface area (Å²) < 4.78 is 32.7. The van der Waals surface area contributed by atoms with Crippen molar-refractivity contribution < 1.29 is 27.9 Å². The Morgan fingerprint density at radius 1 is 1.12 bits per heavy atom. The number of fused-ring (bicyclic) bond motifs is 4. The van der Waals surface area contributed by atoms with Gasteiger partial charge in [0.15, 0.2) is 17.0 Å². The maximum absolute atomic E-state index is 13.7. The van der Waals surface area contributed by atoms with Gasteiger partial charge in [-0.3, -0.25) is 20.2 Å². The lowest BCUT2D eigenvalue weighted by molar-refractivity contribution is -0.148. The Hall–Kier alpha value is -2.55. The molecule has 4 rings (SSSR count). The Morgan fingerprint density at radius 3 is 2.50 bits per heavy atom. The minimum atomic E-state index is -1.63. The number of barbiturate groups is 1. The van der Waals surface area contributed by atoms with E-state index in [2.05, 4.69) is 10.6 Å². The molecule has 0 bridgehead atoms. The second-order valence-electron chi connectivity index (χ2n) is 6.06. The number of rotatable bonds is 0. The summed E-state index contributed by atoms with van der Waals surface area (Å²) in [4.78, 5) is 38.2. The fraction of sp³-hybridized carbons (Fsp3) is 0.400. The number of ether oxygens (including phenoxy) is 1. The van der Waals surface area contributed by atoms with Crippen LogP contribution in [0, 0.1) is 17.0 Å². The van der Waals surface area contributed by atoms with Gasteiger partial charge in [0.2, 0.25) is 11.8 Å². The van der Waals surface area contributed by atoms with E-state index in [4.69, 9.17) is 4.74 Å². The van der Waals surface area contributed by atoms with Crippen LogP contribution in [-0.2, 0) is 20.7 Å². The molecule has 1 spiro atoms. The van der Waals surface area contributed by atoms with E-state index in [0.29, 0.717) is 24.4 Å². The van der Waals surface area contributed by atoms with E-state index < -0.39 is 40.9 Å². The van der Waals surface area contributed by atoms with Gasteiger partial charge in [0.1, 0.15) is 0 Å². The largest absolute Gasteiger partial charge is 0.377 e. The zero-order valence-electron chi connectivity index (χ0n) is 12.4. The minimum absolute atomic E-state index is 0.0630. The summed E-state index contributed by atoms with van der Waals surface area (Å²) in [5, 5.41) is 4.20. The average Bonchev–Trinajstić information content (AvgIpc) is 2.54. The highest BCUT2D eigenvalue weighted by Crippen LogP contribution is 2.44. The molecule has 1 atom stereocenters. The highest BCUT2D eigenvalue weighted by atomic mass is 19.2. The van der Waals surface area contributed by atoms with Crippen molar-refractivity contribution in [1.82, 2.24) is 10.6 Å². The van der Waals surface area contributed by atoms with Crippen molar-refractivity contribution in [3.8, 4) is 0 Å². The molecule has 126 valence electrons. The molecular weight excluding hydrogens is 324 g/mol. The third-order valence-corrected chi connectivity index (χ3v) is 4.86. The molecule has 24 heavy (non-hydrogen) atoms. The molecule has 7 nitrogen and oxygen atoms in total. The third-order valence-electron chi connectivity index (χ3n) is 4.86. The second kappa shape index (κ2) is 4.97. The second-order valence-corrected chi connectivity index (χ2v) is 6.06. The molecule has 3 aliphatic rings. The predicted molar refractivity (Wildman–Crippen MR) is 76.1 cm³/mol. The molecule has 3 heterocycles. The highest BCUT2D eigenvalue weighted by Gasteiger charge is 2.60. The average molecular weight is 337 g/mol. The van der Waals surface area contributed by atoms with Gasteiger partial charge in [-0.25, -0.2) is 13.6 Å². The molecule has 1 unspecified atom stereocenters. The molecule has 1 aromatic rings. The first-order valence-electron chi connectivity index (χ1n) is 7.42. The number of nitrogens with one attached hydrogen (secondary N) is 2. The smallest absolute Gasteiger partial charge is 0.328 e. The summed E-state index contributed by atoms with van der Waals surface area (Å²) in [7, 11) is 0. The minimum Gasteiger partial charge on any atom is -0.377 e. The molecule has 9 heteroatoms. The Labute approximate surface area is 134 Å². The van der Waals surface area contributed by atoms with Crippen LogP contribution in [0.25, 0.3) is 0 Å². The van der Waals surface area contributed by atoms with Gasteiger partial charge in [0.25, 0.3) is 0 Å². The van der Waals surface area contributed by atoms with Crippen LogP contribution < -0.4 is 15.5 Å². The zero-order valence-corrected chi connectivity index (χ0v) is 12.4. The van der Waals surface area contributed by atoms with E-state index in [1.807, 2.05) is 0 Å². The van der Waals surface area contributed by atoms with Crippen molar-refractivity contribution in [2.24, 2.45) is 5.41 Å². The van der Waals surface area contributed by atoms with Crippen LogP contribution >= 0.6 is 0 Å². The summed E-state index contributed by atoms with van der Waals surface area (Å²) in [6.07, 6.45) is -0.144. The quantitative estimate of drug-likeness (QED) is 0.655. The number of benzene rings is 1. The predicted octanol–water partition coefficient (Wildman–Crippen LogP) is 0.0785. The van der Waals surface area contributed by atoms with E-state index in [9.17, 15) is 23.2 Å². The number of imide groups is 2. The van der Waals surface area contributed by atoms with Crippen molar-refractivity contribution in [3.05, 3.63) is 29.3 Å². The molecule has 0 aromatic heterocycles. The van der Waals surface area contributed by atoms with Gasteiger partial charge < -0.3 is 9.64 Å². The number of carbonyl (C=O) groups is 3. The number of anilines is 1. The summed E-state index contributed by atoms with van der Waals surface area (Å²) in [5.74, 6) is -3.56. The summed E-state index contributed by atoms with van der Waals surface area (Å²) in [5.41, 5.74) is -0.858. The number of nitrogens with zero attached hydrogens (tertiary/aromatic N) is 1. The fourth-order valence-electron chi connectivity index (χ4n) is 3.73. The molecule has 2 fully saturated rings. The van der Waals surface area contributed by atoms with E-state index in [0.717, 1.165) is 12.1 Å². The Balaban J connectivity index is 1.90. The lowest BCUT2D eigenvalue weighted by Crippen LogP contribution is -2.73. The molecular formula is C15H13F2N3O4. The first-order valence-corrected chi connectivity index (χ1v) is 7.42. The Morgan fingerprint density at radius 2 is 1.79 bits per heavy atom. The molecule has 0 saturated carbocycles. The van der Waals surface area contributed by atoms with Gasteiger partial charge >= 0.3 is 6.03 Å². The monoisotopic (exact) mass is 337 g/mol. The number of urea groups is 1. The highest BCUT2D eigenvalue weighted by molar-refractivity contribution is 6.20. The lowest BCUT2D eigenvalue weighted by Gasteiger charge is -2.51. The molecule has 3 aliphatic heterocycles. The van der Waals surface area contributed by atoms with Gasteiger partial charge in [-0.05, 0) is 11.6 Å². The maximum Gasteiger partial charge on any atom is 0.328 e. The molecule has 0 aliphatic carbocycles. The van der Waals surface area contributed by atoms with Crippen LogP contribution in [0.1, 0.15) is 5.56 Å². The van der Waals surface area contributed by atoms with Crippen LogP contribution in [0.4, 0.5) is 19.3 Å². The normalized spacial score (nSPS) is 25.0. The molecule has 0 radical (unpaired) electrons. The van der Waals surface area contributed by atoms with Crippen molar-refractivity contribution in [2.45, 2.75) is 12.5 Å². The van der Waals surface area contributed by atoms with E-state index >= 15 is 0 Å². The first kappa shape index (κ1) is 15.0. The summed E-state index contributed by atoms with van der Waals surface area (Å²) in [6, 6.07) is 0.459. The first-order chi connectivity index (χ1) is 11.4. The number of carbonyl (C=O) groups excluding carboxylic acids is 3. The van der Waals surface area contributed by atoms with Crippen molar-refractivity contribution >= 4 is 23.5 Å². The maximum atomic E-state index is 13.7. The Bertz CT molecular complexity index is 762. The topological polar surface area (TPSA) is 87.7 Å². The van der Waals surface area contributed by atoms with Crippen molar-refractivity contribution in [3.63, 3.8) is 0 Å². The SMILES string of the molecule is O=C1NC(=O)C2(Cc3cc(F)c(F)cc3N3CCOCC32)C(=O)N1. The van der Waals surface area contributed by atoms with Gasteiger partial charge in [0.05, 0.1) is 19.3 Å². The van der Waals surface area contributed by atoms with Gasteiger partial charge in [-0.2, -0.15) is 0 Å². The van der Waals surface area contributed by atoms with E-state index in [1.165, 1.54) is 0 Å². The van der Waals surface area contributed by atoms with Crippen molar-refractivity contribution in [1.29, 1.82) is 0 Å². The van der Waals surface area contributed by atoms with Crippen LogP contribution in [0.3, 0.4) is 0 Å². The lowest BCUT2D eigenvalue weighted by atomic mass is 9.68. The summed E-state index contributed by atoms with van der Waals surface area (Å²) >= 11 is 0. The third kappa shape index (κ3) is 1.87. The number of morpholine rings is 1. The molecule has 1 aromatic carbocycles. The van der Waals surface area contributed by atoms with E-state index in [-0.39, 0.29) is 13.0 Å². The fourth-order valence-corrected chi connectivity index (χ4v) is 3.73. The molecule has 4 amide bonds. The number of amides is 4. The molecule has 2 saturated heterocycles. The Kier molecular flexibility index (Phi) is 3.11. The summed E-state index contributed by atoms with van der Waals surface area (Å²) in [6.45, 7) is 0.708. The standard InChI is InChI=1S/C15H13F2N3O4/c16-8-3-7-5-15(12(21)18-14(23)19-13(15)22)11-6-24-2-1-20(11)10(7)4-9(8)17/h3-4,11H,1-2,5-6H2,(H2,18,19,21,22,23). The van der Waals surface area contributed by atoms with Gasteiger partial charge in [-0.15, -0.1) is 0 Å². The number of halogens is 2. The van der Waals surface area contributed by atoms with Crippen LogP contribution in [0.2, 0.25) is 0 Å².